The van der Waals surface area contributed by atoms with E-state index in [1.54, 1.807) is 47.4 Å². The van der Waals surface area contributed by atoms with Gasteiger partial charge in [-0.25, -0.2) is 28.3 Å². The number of nitrogens with one attached hydrogen (secondary N) is 1. The Morgan fingerprint density at radius 3 is 2.33 bits per heavy atom. The van der Waals surface area contributed by atoms with Gasteiger partial charge in [-0.2, -0.15) is 0 Å². The molecule has 3 aromatic rings. The van der Waals surface area contributed by atoms with Gasteiger partial charge in [-0.15, -0.1) is 0 Å². The van der Waals surface area contributed by atoms with Crippen LogP contribution in [0, 0.1) is 0 Å². The maximum atomic E-state index is 14.0. The molecule has 48 heavy (non-hydrogen) atoms. The van der Waals surface area contributed by atoms with Crippen molar-refractivity contribution < 1.29 is 23.9 Å². The number of nitrogens with zero attached hydrogens (tertiary/aromatic N) is 5. The molecule has 1 N–H and O–H groups in total. The normalized spacial score (nSPS) is 24.1. The lowest BCUT2D eigenvalue weighted by atomic mass is 9.83. The van der Waals surface area contributed by atoms with Crippen LogP contribution in [0.2, 0.25) is 0 Å². The highest BCUT2D eigenvalue weighted by molar-refractivity contribution is 5.94. The minimum Gasteiger partial charge on any atom is -0.483 e. The molecule has 13 heteroatoms. The quantitative estimate of drug-likeness (QED) is 0.335. The van der Waals surface area contributed by atoms with E-state index in [0.717, 1.165) is 29.5 Å². The van der Waals surface area contributed by atoms with Crippen LogP contribution in [0.15, 0.2) is 63.7 Å². The average Bonchev–Trinajstić information content (AvgIpc) is 3.66. The monoisotopic (exact) mass is 656 g/mol. The number of hydrogen-bond acceptors (Lipinski definition) is 8. The van der Waals surface area contributed by atoms with Gasteiger partial charge in [0.25, 0.3) is 0 Å². The van der Waals surface area contributed by atoms with Crippen molar-refractivity contribution in [3.05, 3.63) is 86.2 Å². The van der Waals surface area contributed by atoms with Crippen molar-refractivity contribution >= 4 is 17.8 Å². The molecule has 2 aromatic carbocycles. The molecule has 2 amide bonds. The number of fused-ring (bicyclic) bond motifs is 5. The molecular weight excluding hydrogens is 616 g/mol. The molecule has 0 saturated carbocycles. The number of aromatic nitrogens is 3. The van der Waals surface area contributed by atoms with Crippen LogP contribution in [0.3, 0.4) is 0 Å². The first-order valence-electron chi connectivity index (χ1n) is 16.5. The molecule has 4 atom stereocenters. The van der Waals surface area contributed by atoms with Gasteiger partial charge in [0.1, 0.15) is 23.1 Å². The number of benzene rings is 2. The van der Waals surface area contributed by atoms with Crippen LogP contribution >= 0.6 is 0 Å². The number of amides is 2. The van der Waals surface area contributed by atoms with Gasteiger partial charge in [0.05, 0.1) is 30.4 Å². The molecule has 4 aliphatic rings. The Balaban J connectivity index is 1.16. The van der Waals surface area contributed by atoms with Crippen LogP contribution in [0.1, 0.15) is 69.4 Å². The Morgan fingerprint density at radius 1 is 0.979 bits per heavy atom. The summed E-state index contributed by atoms with van der Waals surface area (Å²) in [5, 5.41) is 3.26. The average molecular weight is 657 g/mol. The third-order valence-corrected chi connectivity index (χ3v) is 9.96. The van der Waals surface area contributed by atoms with Gasteiger partial charge >= 0.3 is 17.5 Å². The predicted molar refractivity (Wildman–Crippen MR) is 176 cm³/mol. The van der Waals surface area contributed by atoms with Gasteiger partial charge in [0.15, 0.2) is 5.78 Å². The van der Waals surface area contributed by atoms with E-state index in [1.165, 1.54) is 16.3 Å². The van der Waals surface area contributed by atoms with Crippen LogP contribution in [0.5, 0.6) is 11.5 Å². The fourth-order valence-electron chi connectivity index (χ4n) is 7.64. The molecule has 5 heterocycles. The maximum absolute atomic E-state index is 14.0. The van der Waals surface area contributed by atoms with E-state index in [4.69, 9.17) is 9.47 Å². The van der Waals surface area contributed by atoms with Gasteiger partial charge in [0, 0.05) is 30.3 Å². The zero-order valence-corrected chi connectivity index (χ0v) is 27.8. The largest absolute Gasteiger partial charge is 0.483 e. The fraction of sp³-hybridized carbons (Fsp3) is 0.457. The molecule has 0 aliphatic carbocycles. The second-order valence-corrected chi connectivity index (χ2v) is 13.7. The molecule has 13 nitrogen and oxygen atoms in total. The van der Waals surface area contributed by atoms with Crippen LogP contribution in [-0.2, 0) is 11.3 Å². The molecule has 0 bridgehead atoms. The van der Waals surface area contributed by atoms with Crippen LogP contribution in [0.25, 0.3) is 5.69 Å². The number of hydrogen-bond donors (Lipinski definition) is 1. The number of ketones is 1. The molecule has 4 aliphatic heterocycles. The molecule has 7 rings (SSSR count). The summed E-state index contributed by atoms with van der Waals surface area (Å²) < 4.78 is 16.3. The van der Waals surface area contributed by atoms with E-state index in [0.29, 0.717) is 35.7 Å². The van der Waals surface area contributed by atoms with E-state index < -0.39 is 29.1 Å². The van der Waals surface area contributed by atoms with Gasteiger partial charge < -0.3 is 19.7 Å². The number of ether oxygens (including phenoxy) is 2. The number of rotatable bonds is 4. The summed E-state index contributed by atoms with van der Waals surface area (Å²) in [5.74, 6) is 0.672. The Bertz CT molecular complexity index is 1950. The summed E-state index contributed by atoms with van der Waals surface area (Å²) in [4.78, 5) is 69.4. The summed E-state index contributed by atoms with van der Waals surface area (Å²) in [5.41, 5.74) is 0.467. The van der Waals surface area contributed by atoms with Crippen molar-refractivity contribution in [1.82, 2.24) is 29.0 Å². The highest BCUT2D eigenvalue weighted by Gasteiger charge is 2.44. The predicted octanol–water partition coefficient (Wildman–Crippen LogP) is 2.88. The van der Waals surface area contributed by atoms with E-state index >= 15 is 0 Å². The van der Waals surface area contributed by atoms with Gasteiger partial charge in [-0.3, -0.25) is 14.5 Å². The first-order chi connectivity index (χ1) is 22.9. The fourth-order valence-corrected chi connectivity index (χ4v) is 7.64. The summed E-state index contributed by atoms with van der Waals surface area (Å²) in [6.07, 6.45) is 3.20. The number of piperazine rings is 1. The molecule has 2 fully saturated rings. The Morgan fingerprint density at radius 2 is 1.69 bits per heavy atom. The molecule has 2 saturated heterocycles. The number of carbonyl (C=O) groups excluding carboxylic acids is 3. The highest BCUT2D eigenvalue weighted by atomic mass is 16.6. The lowest BCUT2D eigenvalue weighted by Crippen LogP contribution is -2.62. The van der Waals surface area contributed by atoms with Crippen molar-refractivity contribution in [2.45, 2.75) is 83.8 Å². The van der Waals surface area contributed by atoms with Crippen molar-refractivity contribution in [3.8, 4) is 17.2 Å². The number of Topliss-reactive ketones (excluding diaryl/α,β-unsaturated/α-hetero) is 1. The summed E-state index contributed by atoms with van der Waals surface area (Å²) in [7, 11) is 0. The van der Waals surface area contributed by atoms with Crippen LogP contribution in [-0.4, -0.2) is 84.9 Å². The minimum absolute atomic E-state index is 0.0792. The van der Waals surface area contributed by atoms with E-state index in [-0.39, 0.29) is 42.1 Å². The Labute approximate surface area is 277 Å². The lowest BCUT2D eigenvalue weighted by Gasteiger charge is -2.44. The highest BCUT2D eigenvalue weighted by Crippen LogP contribution is 2.47. The molecule has 1 aromatic heterocycles. The topological polar surface area (TPSA) is 137 Å². The first kappa shape index (κ1) is 31.7. The Kier molecular flexibility index (Phi) is 7.69. The molecule has 252 valence electrons. The van der Waals surface area contributed by atoms with E-state index in [9.17, 15) is 24.0 Å². The molecule has 0 spiro atoms. The molecular formula is C35H40N6O7. The number of allylic oxidation sites excluding steroid dienone is 1. The summed E-state index contributed by atoms with van der Waals surface area (Å²) in [6.45, 7) is 10.9. The van der Waals surface area contributed by atoms with Gasteiger partial charge in [-0.1, -0.05) is 6.08 Å². The SMILES string of the molecule is CC(=O)c1ccc(-n2c(=O)n3n(c2=O)C2C(=CC3)C(C)(C)Oc3cc(OC(=O)N4C(C)CN(C(=O)[C@@H]5CCCN5)CC4C)ccc32)cc1. The Hall–Kier alpha value is -4.91. The second-order valence-electron chi connectivity index (χ2n) is 13.7. The smallest absolute Gasteiger partial charge is 0.415 e. The third kappa shape index (κ3) is 5.16. The van der Waals surface area contributed by atoms with Gasteiger partial charge in [0.2, 0.25) is 5.91 Å². The van der Waals surface area contributed by atoms with Crippen molar-refractivity contribution in [3.63, 3.8) is 0 Å². The zero-order chi connectivity index (χ0) is 34.1. The van der Waals surface area contributed by atoms with Crippen molar-refractivity contribution in [2.24, 2.45) is 0 Å². The molecule has 3 unspecified atom stereocenters. The zero-order valence-electron chi connectivity index (χ0n) is 27.8. The van der Waals surface area contributed by atoms with E-state index in [1.807, 2.05) is 38.7 Å². The standard InChI is InChI=1S/C35H40N6O7/c1-20-18-37(31(43)28-7-6-15-36-28)19-21(2)39(20)34(46)47-25-12-13-26-29(17-25)48-35(4,5)27-14-16-38-32(44)40(33(45)41(38)30(26)27)24-10-8-23(9-11-24)22(3)42/h8-14,17,20-21,28,30,36H,6-7,15-16,18-19H2,1-5H3/t20?,21?,28-,30?/m0/s1. The first-order valence-corrected chi connectivity index (χ1v) is 16.5. The summed E-state index contributed by atoms with van der Waals surface area (Å²) in [6, 6.07) is 10.1. The van der Waals surface area contributed by atoms with Crippen molar-refractivity contribution in [2.75, 3.05) is 19.6 Å². The van der Waals surface area contributed by atoms with Gasteiger partial charge in [-0.05, 0) is 96.0 Å². The maximum Gasteiger partial charge on any atom is 0.415 e. The molecule has 0 radical (unpaired) electrons. The lowest BCUT2D eigenvalue weighted by molar-refractivity contribution is -0.136. The third-order valence-electron chi connectivity index (χ3n) is 9.96. The second kappa shape index (κ2) is 11.7. The van der Waals surface area contributed by atoms with Crippen LogP contribution in [0.4, 0.5) is 4.79 Å². The van der Waals surface area contributed by atoms with E-state index in [2.05, 4.69) is 5.32 Å². The number of carbonyl (C=O) groups is 3. The van der Waals surface area contributed by atoms with Crippen LogP contribution < -0.4 is 26.2 Å². The van der Waals surface area contributed by atoms with Crippen molar-refractivity contribution in [1.29, 1.82) is 0 Å². The minimum atomic E-state index is -0.841. The summed E-state index contributed by atoms with van der Waals surface area (Å²) >= 11 is 0.